The van der Waals surface area contributed by atoms with Gasteiger partial charge in [-0.05, 0) is 0 Å². The zero-order chi connectivity index (χ0) is 18.8. The largest absolute Gasteiger partial charge is 0.334 e. The van der Waals surface area contributed by atoms with Crippen molar-refractivity contribution in [2.24, 2.45) is 14.1 Å². The van der Waals surface area contributed by atoms with E-state index in [-0.39, 0.29) is 12.5 Å². The van der Waals surface area contributed by atoms with E-state index in [1.165, 1.54) is 0 Å². The van der Waals surface area contributed by atoms with Gasteiger partial charge in [0, 0.05) is 44.3 Å². The van der Waals surface area contributed by atoms with Crippen molar-refractivity contribution in [3.05, 3.63) is 61.2 Å². The number of nitrogens with zero attached hydrogens (tertiary/aromatic N) is 6. The van der Waals surface area contributed by atoms with E-state index in [0.717, 1.165) is 22.6 Å². The first-order valence-electron chi connectivity index (χ1n) is 8.49. The number of carbonyl (C=O) groups excluding carboxylic acids is 1. The highest BCUT2D eigenvalue weighted by atomic mass is 16.2. The standard InChI is InChI=1S/C19H19N7O/c1-24-9-8-20-19(24)15-11-21-26(12-15)13-18(27)22-17-10-16(23-25(17)2)14-6-4-3-5-7-14/h3-12H,13H2,1-2H3,(H,22,27). The van der Waals surface area contributed by atoms with Crippen LogP contribution in [-0.4, -0.2) is 35.0 Å². The fourth-order valence-electron chi connectivity index (χ4n) is 2.87. The van der Waals surface area contributed by atoms with E-state index in [0.29, 0.717) is 5.82 Å². The third-order valence-electron chi connectivity index (χ3n) is 4.24. The van der Waals surface area contributed by atoms with Crippen LogP contribution in [0.3, 0.4) is 0 Å². The van der Waals surface area contributed by atoms with Gasteiger partial charge in [0.25, 0.3) is 0 Å². The summed E-state index contributed by atoms with van der Waals surface area (Å²) in [6.07, 6.45) is 7.10. The minimum atomic E-state index is -0.174. The number of rotatable bonds is 5. The Balaban J connectivity index is 1.45. The highest BCUT2D eigenvalue weighted by Gasteiger charge is 2.12. The van der Waals surface area contributed by atoms with Gasteiger partial charge < -0.3 is 9.88 Å². The number of hydrogen-bond acceptors (Lipinski definition) is 4. The molecular weight excluding hydrogens is 342 g/mol. The summed E-state index contributed by atoms with van der Waals surface area (Å²) < 4.78 is 5.15. The second-order valence-electron chi connectivity index (χ2n) is 6.24. The van der Waals surface area contributed by atoms with Crippen LogP contribution in [0, 0.1) is 0 Å². The van der Waals surface area contributed by atoms with E-state index in [9.17, 15) is 4.79 Å². The molecule has 4 aromatic rings. The van der Waals surface area contributed by atoms with E-state index >= 15 is 0 Å². The first-order valence-corrected chi connectivity index (χ1v) is 8.49. The van der Waals surface area contributed by atoms with Gasteiger partial charge in [-0.2, -0.15) is 10.2 Å². The summed E-state index contributed by atoms with van der Waals surface area (Å²) in [6.45, 7) is 0.107. The molecule has 27 heavy (non-hydrogen) atoms. The normalized spacial score (nSPS) is 10.9. The summed E-state index contributed by atoms with van der Waals surface area (Å²) in [7, 11) is 3.72. The first kappa shape index (κ1) is 16.8. The lowest BCUT2D eigenvalue weighted by molar-refractivity contribution is -0.116. The fourth-order valence-corrected chi connectivity index (χ4v) is 2.87. The molecule has 1 aromatic carbocycles. The van der Waals surface area contributed by atoms with Gasteiger partial charge in [-0.1, -0.05) is 30.3 Å². The molecule has 0 aliphatic rings. The summed E-state index contributed by atoms with van der Waals surface area (Å²) in [6, 6.07) is 11.7. The number of carbonyl (C=O) groups is 1. The van der Waals surface area contributed by atoms with Crippen molar-refractivity contribution in [3.63, 3.8) is 0 Å². The number of amides is 1. The molecule has 0 aliphatic carbocycles. The fraction of sp³-hybridized carbons (Fsp3) is 0.158. The minimum absolute atomic E-state index is 0.107. The Bertz CT molecular complexity index is 1070. The Kier molecular flexibility index (Phi) is 4.29. The molecule has 0 fully saturated rings. The number of imidazole rings is 1. The average Bonchev–Trinajstić information content (AvgIpc) is 3.37. The van der Waals surface area contributed by atoms with Crippen molar-refractivity contribution < 1.29 is 4.79 Å². The Morgan fingerprint density at radius 1 is 1.15 bits per heavy atom. The molecule has 0 saturated heterocycles. The minimum Gasteiger partial charge on any atom is -0.334 e. The first-order chi connectivity index (χ1) is 13.1. The lowest BCUT2D eigenvalue weighted by Gasteiger charge is -2.05. The maximum Gasteiger partial charge on any atom is 0.247 e. The molecule has 1 amide bonds. The SMILES string of the molecule is Cn1ccnc1-c1cnn(CC(=O)Nc2cc(-c3ccccc3)nn2C)c1. The van der Waals surface area contributed by atoms with Crippen LogP contribution in [0.1, 0.15) is 0 Å². The van der Waals surface area contributed by atoms with Gasteiger partial charge >= 0.3 is 0 Å². The lowest BCUT2D eigenvalue weighted by atomic mass is 10.2. The van der Waals surface area contributed by atoms with Gasteiger partial charge in [0.1, 0.15) is 18.2 Å². The maximum absolute atomic E-state index is 12.4. The monoisotopic (exact) mass is 361 g/mol. The van der Waals surface area contributed by atoms with Crippen LogP contribution in [-0.2, 0) is 25.4 Å². The zero-order valence-corrected chi connectivity index (χ0v) is 15.1. The molecule has 0 radical (unpaired) electrons. The smallest absolute Gasteiger partial charge is 0.247 e. The van der Waals surface area contributed by atoms with E-state index < -0.39 is 0 Å². The summed E-state index contributed by atoms with van der Waals surface area (Å²) in [5, 5.41) is 11.6. The van der Waals surface area contributed by atoms with Crippen LogP contribution in [0.2, 0.25) is 0 Å². The third-order valence-corrected chi connectivity index (χ3v) is 4.24. The van der Waals surface area contributed by atoms with Gasteiger partial charge in [-0.25, -0.2) is 4.98 Å². The highest BCUT2D eigenvalue weighted by Crippen LogP contribution is 2.21. The number of aryl methyl sites for hydroxylation is 2. The van der Waals surface area contributed by atoms with Gasteiger partial charge in [-0.15, -0.1) is 0 Å². The summed E-state index contributed by atoms with van der Waals surface area (Å²) in [5.74, 6) is 1.27. The maximum atomic E-state index is 12.4. The number of nitrogens with one attached hydrogen (secondary N) is 1. The molecular formula is C19H19N7O. The average molecular weight is 361 g/mol. The molecule has 136 valence electrons. The molecule has 0 saturated carbocycles. The molecule has 8 nitrogen and oxygen atoms in total. The quantitative estimate of drug-likeness (QED) is 0.591. The Morgan fingerprint density at radius 2 is 1.96 bits per heavy atom. The summed E-state index contributed by atoms with van der Waals surface area (Å²) in [5.41, 5.74) is 2.67. The van der Waals surface area contributed by atoms with Crippen molar-refractivity contribution in [3.8, 4) is 22.6 Å². The molecule has 1 N–H and O–H groups in total. The lowest BCUT2D eigenvalue weighted by Crippen LogP contribution is -2.20. The topological polar surface area (TPSA) is 82.6 Å². The Labute approximate surface area is 156 Å². The van der Waals surface area contributed by atoms with Crippen LogP contribution < -0.4 is 5.32 Å². The second-order valence-corrected chi connectivity index (χ2v) is 6.24. The van der Waals surface area contributed by atoms with Crippen LogP contribution in [0.4, 0.5) is 5.82 Å². The molecule has 0 aliphatic heterocycles. The van der Waals surface area contributed by atoms with Gasteiger partial charge in [0.15, 0.2) is 0 Å². The van der Waals surface area contributed by atoms with Crippen LogP contribution in [0.25, 0.3) is 22.6 Å². The third kappa shape index (κ3) is 3.50. The molecule has 8 heteroatoms. The van der Waals surface area contributed by atoms with Gasteiger partial charge in [-0.3, -0.25) is 14.2 Å². The highest BCUT2D eigenvalue weighted by molar-refractivity contribution is 5.90. The predicted molar refractivity (Wildman–Crippen MR) is 102 cm³/mol. The van der Waals surface area contributed by atoms with Crippen LogP contribution in [0.5, 0.6) is 0 Å². The van der Waals surface area contributed by atoms with Crippen molar-refractivity contribution in [1.29, 1.82) is 0 Å². The summed E-state index contributed by atoms with van der Waals surface area (Å²) >= 11 is 0. The molecule has 0 bridgehead atoms. The molecule has 3 aromatic heterocycles. The molecule has 4 rings (SSSR count). The van der Waals surface area contributed by atoms with Crippen molar-refractivity contribution in [1.82, 2.24) is 29.1 Å². The predicted octanol–water partition coefficient (Wildman–Crippen LogP) is 2.32. The molecule has 0 spiro atoms. The number of hydrogen-bond donors (Lipinski definition) is 1. The number of aromatic nitrogens is 6. The molecule has 3 heterocycles. The van der Waals surface area contributed by atoms with Gasteiger partial charge in [0.2, 0.25) is 5.91 Å². The van der Waals surface area contributed by atoms with Crippen molar-refractivity contribution in [2.75, 3.05) is 5.32 Å². The van der Waals surface area contributed by atoms with E-state index in [1.807, 2.05) is 54.2 Å². The molecule has 0 unspecified atom stereocenters. The van der Waals surface area contributed by atoms with Crippen LogP contribution >= 0.6 is 0 Å². The van der Waals surface area contributed by atoms with Gasteiger partial charge in [0.05, 0.1) is 17.5 Å². The Morgan fingerprint density at radius 3 is 2.70 bits per heavy atom. The zero-order valence-electron chi connectivity index (χ0n) is 15.1. The van der Waals surface area contributed by atoms with E-state index in [1.54, 1.807) is 35.0 Å². The van der Waals surface area contributed by atoms with Crippen LogP contribution in [0.15, 0.2) is 61.2 Å². The molecule has 0 atom stereocenters. The van der Waals surface area contributed by atoms with Crippen molar-refractivity contribution in [2.45, 2.75) is 6.54 Å². The van der Waals surface area contributed by atoms with E-state index in [2.05, 4.69) is 20.5 Å². The Hall–Kier alpha value is -3.68. The number of anilines is 1. The number of benzene rings is 1. The second kappa shape index (κ2) is 6.91. The van der Waals surface area contributed by atoms with E-state index in [4.69, 9.17) is 0 Å². The van der Waals surface area contributed by atoms with Crippen molar-refractivity contribution >= 4 is 11.7 Å². The summed E-state index contributed by atoms with van der Waals surface area (Å²) in [4.78, 5) is 16.7.